The number of hydrogen-bond acceptors (Lipinski definition) is 6. The van der Waals surface area contributed by atoms with Crippen molar-refractivity contribution in [3.05, 3.63) is 29.8 Å². The Morgan fingerprint density at radius 2 is 1.95 bits per heavy atom. The Kier molecular flexibility index (Phi) is 2.83. The fraction of sp³-hybridized carbons (Fsp3) is 0.417. The number of anilines is 2. The minimum atomic E-state index is 0.176. The molecule has 2 aromatic rings. The van der Waals surface area contributed by atoms with Gasteiger partial charge in [-0.2, -0.15) is 15.0 Å². The molecule has 1 unspecified atom stereocenters. The van der Waals surface area contributed by atoms with Crippen LogP contribution in [0.2, 0.25) is 0 Å². The van der Waals surface area contributed by atoms with Crippen LogP contribution in [-0.4, -0.2) is 31.0 Å². The lowest BCUT2D eigenvalue weighted by atomic mass is 10.1. The molecule has 7 heteroatoms. The zero-order valence-corrected chi connectivity index (χ0v) is 10.8. The zero-order chi connectivity index (χ0) is 13.4. The van der Waals surface area contributed by atoms with Crippen LogP contribution >= 0.6 is 0 Å². The monoisotopic (exact) mass is 259 g/mol. The third kappa shape index (κ3) is 2.24. The van der Waals surface area contributed by atoms with E-state index in [4.69, 9.17) is 11.5 Å². The van der Waals surface area contributed by atoms with E-state index in [1.807, 2.05) is 0 Å². The molecule has 0 saturated carbocycles. The van der Waals surface area contributed by atoms with Gasteiger partial charge in [0.1, 0.15) is 5.82 Å². The molecule has 7 nitrogen and oxygen atoms in total. The summed E-state index contributed by atoms with van der Waals surface area (Å²) >= 11 is 0. The molecule has 0 radical (unpaired) electrons. The maximum Gasteiger partial charge on any atom is 0.225 e. The van der Waals surface area contributed by atoms with Crippen LogP contribution in [0.3, 0.4) is 0 Å². The van der Waals surface area contributed by atoms with Crippen molar-refractivity contribution in [2.45, 2.75) is 26.1 Å². The first-order valence-corrected chi connectivity index (χ1v) is 6.28. The van der Waals surface area contributed by atoms with Gasteiger partial charge in [0.15, 0.2) is 0 Å². The molecule has 0 bridgehead atoms. The maximum absolute atomic E-state index is 5.59. The lowest BCUT2D eigenvalue weighted by molar-refractivity contribution is 0.157. The minimum absolute atomic E-state index is 0.176. The highest BCUT2D eigenvalue weighted by Gasteiger charge is 2.24. The zero-order valence-electron chi connectivity index (χ0n) is 10.8. The van der Waals surface area contributed by atoms with Crippen molar-refractivity contribution in [3.8, 4) is 0 Å². The molecule has 3 rings (SSSR count). The van der Waals surface area contributed by atoms with Gasteiger partial charge in [-0.1, -0.05) is 0 Å². The minimum Gasteiger partial charge on any atom is -0.368 e. The van der Waals surface area contributed by atoms with Crippen molar-refractivity contribution < 1.29 is 0 Å². The molecule has 1 atom stereocenters. The second-order valence-corrected chi connectivity index (χ2v) is 4.74. The lowest BCUT2D eigenvalue weighted by Gasteiger charge is -2.34. The van der Waals surface area contributed by atoms with E-state index in [-0.39, 0.29) is 11.9 Å². The van der Waals surface area contributed by atoms with Gasteiger partial charge in [0.25, 0.3) is 0 Å². The Morgan fingerprint density at radius 1 is 1.21 bits per heavy atom. The highest BCUT2D eigenvalue weighted by atomic mass is 15.3. The second kappa shape index (κ2) is 4.51. The van der Waals surface area contributed by atoms with Crippen LogP contribution in [0.1, 0.15) is 24.5 Å². The molecule has 0 fully saturated rings. The van der Waals surface area contributed by atoms with E-state index in [1.165, 1.54) is 5.69 Å². The summed E-state index contributed by atoms with van der Waals surface area (Å²) in [5.74, 6) is 0.975. The van der Waals surface area contributed by atoms with Crippen molar-refractivity contribution in [2.75, 3.05) is 18.0 Å². The van der Waals surface area contributed by atoms with Gasteiger partial charge < -0.3 is 16.0 Å². The van der Waals surface area contributed by atoms with E-state index in [1.54, 1.807) is 0 Å². The third-order valence-electron chi connectivity index (χ3n) is 3.53. The van der Waals surface area contributed by atoms with E-state index >= 15 is 0 Å². The molecule has 100 valence electrons. The van der Waals surface area contributed by atoms with E-state index < -0.39 is 0 Å². The van der Waals surface area contributed by atoms with Gasteiger partial charge in [-0.05, 0) is 19.1 Å². The average molecular weight is 259 g/mol. The van der Waals surface area contributed by atoms with Crippen molar-refractivity contribution >= 4 is 11.9 Å². The quantitative estimate of drug-likeness (QED) is 0.810. The standard InChI is InChI=1S/C12H17N7/c1-8-9-3-2-4-18(9)5-6-19(8)7-10-15-11(13)17-12(14)16-10/h2-4,8H,5-7H2,1H3,(H4,13,14,15,16,17). The van der Waals surface area contributed by atoms with Crippen LogP contribution in [-0.2, 0) is 13.1 Å². The van der Waals surface area contributed by atoms with E-state index in [2.05, 4.69) is 49.7 Å². The number of fused-ring (bicyclic) bond motifs is 1. The molecule has 1 aliphatic heterocycles. The van der Waals surface area contributed by atoms with Crippen LogP contribution in [0.4, 0.5) is 11.9 Å². The fourth-order valence-electron chi connectivity index (χ4n) is 2.55. The number of nitrogens with two attached hydrogens (primary N) is 2. The highest BCUT2D eigenvalue weighted by Crippen LogP contribution is 2.26. The Morgan fingerprint density at radius 3 is 2.68 bits per heavy atom. The van der Waals surface area contributed by atoms with Crippen molar-refractivity contribution in [3.63, 3.8) is 0 Å². The maximum atomic E-state index is 5.59. The van der Waals surface area contributed by atoms with Crippen LogP contribution in [0.15, 0.2) is 18.3 Å². The fourth-order valence-corrected chi connectivity index (χ4v) is 2.55. The highest BCUT2D eigenvalue weighted by molar-refractivity contribution is 5.26. The number of nitrogen functional groups attached to an aromatic ring is 2. The molecule has 4 N–H and O–H groups in total. The molecule has 0 spiro atoms. The molecule has 0 saturated heterocycles. The van der Waals surface area contributed by atoms with Gasteiger partial charge in [0.05, 0.1) is 6.54 Å². The second-order valence-electron chi connectivity index (χ2n) is 4.74. The largest absolute Gasteiger partial charge is 0.368 e. The molecule has 0 amide bonds. The molecule has 3 heterocycles. The predicted octanol–water partition coefficient (Wildman–Crippen LogP) is 0.414. The SMILES string of the molecule is CC1c2cccn2CCN1Cc1nc(N)nc(N)n1. The van der Waals surface area contributed by atoms with Gasteiger partial charge in [-0.15, -0.1) is 0 Å². The Labute approximate surface area is 111 Å². The Bertz CT molecular complexity index is 571. The summed E-state index contributed by atoms with van der Waals surface area (Å²) in [4.78, 5) is 14.4. The smallest absolute Gasteiger partial charge is 0.225 e. The first-order valence-electron chi connectivity index (χ1n) is 6.28. The molecule has 19 heavy (non-hydrogen) atoms. The summed E-state index contributed by atoms with van der Waals surface area (Å²) in [5.41, 5.74) is 12.5. The average Bonchev–Trinajstić information content (AvgIpc) is 2.80. The normalized spacial score (nSPS) is 19.3. The lowest BCUT2D eigenvalue weighted by Crippen LogP contribution is -2.36. The van der Waals surface area contributed by atoms with Crippen molar-refractivity contribution in [2.24, 2.45) is 0 Å². The third-order valence-corrected chi connectivity index (χ3v) is 3.53. The van der Waals surface area contributed by atoms with E-state index in [0.717, 1.165) is 13.1 Å². The first kappa shape index (κ1) is 11.9. The van der Waals surface area contributed by atoms with Gasteiger partial charge >= 0.3 is 0 Å². The topological polar surface area (TPSA) is 98.9 Å². The summed E-state index contributed by atoms with van der Waals surface area (Å²) < 4.78 is 2.28. The number of hydrogen-bond donors (Lipinski definition) is 2. The Balaban J connectivity index is 1.81. The van der Waals surface area contributed by atoms with Crippen molar-refractivity contribution in [1.29, 1.82) is 0 Å². The summed E-state index contributed by atoms with van der Waals surface area (Å²) in [6.45, 7) is 4.74. The predicted molar refractivity (Wildman–Crippen MR) is 71.9 cm³/mol. The Hall–Kier alpha value is -2.15. The summed E-state index contributed by atoms with van der Waals surface area (Å²) in [6, 6.07) is 4.55. The number of nitrogens with zero attached hydrogens (tertiary/aromatic N) is 5. The molecular weight excluding hydrogens is 242 g/mol. The van der Waals surface area contributed by atoms with Crippen LogP contribution in [0, 0.1) is 0 Å². The number of aromatic nitrogens is 4. The van der Waals surface area contributed by atoms with Crippen LogP contribution in [0.25, 0.3) is 0 Å². The number of rotatable bonds is 2. The molecular formula is C12H17N7. The molecule has 0 aliphatic carbocycles. The van der Waals surface area contributed by atoms with Crippen LogP contribution < -0.4 is 11.5 Å². The van der Waals surface area contributed by atoms with E-state index in [9.17, 15) is 0 Å². The first-order chi connectivity index (χ1) is 9.13. The van der Waals surface area contributed by atoms with Gasteiger partial charge in [-0.25, -0.2) is 0 Å². The summed E-state index contributed by atoms with van der Waals surface area (Å²) in [5, 5.41) is 0. The van der Waals surface area contributed by atoms with Gasteiger partial charge in [-0.3, -0.25) is 4.90 Å². The van der Waals surface area contributed by atoms with Crippen LogP contribution in [0.5, 0.6) is 0 Å². The molecule has 2 aromatic heterocycles. The summed E-state index contributed by atoms with van der Waals surface area (Å²) in [6.07, 6.45) is 2.11. The summed E-state index contributed by atoms with van der Waals surface area (Å²) in [7, 11) is 0. The molecule has 1 aliphatic rings. The van der Waals surface area contributed by atoms with Gasteiger partial charge in [0, 0.05) is 31.0 Å². The molecule has 0 aromatic carbocycles. The van der Waals surface area contributed by atoms with Crippen molar-refractivity contribution in [1.82, 2.24) is 24.4 Å². The van der Waals surface area contributed by atoms with E-state index in [0.29, 0.717) is 18.4 Å². The van der Waals surface area contributed by atoms with Gasteiger partial charge in [0.2, 0.25) is 11.9 Å².